The van der Waals surface area contributed by atoms with Gasteiger partial charge in [0.25, 0.3) is 0 Å². The Labute approximate surface area is 498 Å². The Hall–Kier alpha value is -2.60. The topological polar surface area (TPSA) is 0 Å². The lowest BCUT2D eigenvalue weighted by atomic mass is 9.68. The lowest BCUT2D eigenvalue weighted by Crippen LogP contribution is -2.25. The fraction of sp³-hybridized carbons (Fsp3) is 0.750. The normalized spacial score (nSPS) is 34.8. The number of aryl methyl sites for hydroxylation is 2. The summed E-state index contributed by atoms with van der Waals surface area (Å²) in [7, 11) is 0. The van der Waals surface area contributed by atoms with E-state index in [-0.39, 0.29) is 0 Å². The SMILES string of the molecule is C=CC1CCC(C2CCC(CCC)CC2)CC1.C=CC1CCC(C2CCC(CCCCC)CC2)CC1.C=CC1CCC(C2CCC(c3ccc(C)cc3)CC2)CC1.C=CCCC1CCC(C2CCC(c3ccc(C)cc3)CC2)CC1. The Morgan fingerprint density at radius 1 is 0.312 bits per heavy atom. The zero-order valence-electron chi connectivity index (χ0n) is 53.3. The third-order valence-electron chi connectivity index (χ3n) is 24.1. The second kappa shape index (κ2) is 36.3. The van der Waals surface area contributed by atoms with E-state index in [4.69, 9.17) is 0 Å². The second-order valence-electron chi connectivity index (χ2n) is 29.3. The Kier molecular flexibility index (Phi) is 29.5. The van der Waals surface area contributed by atoms with Crippen LogP contribution in [0.3, 0.4) is 0 Å². The van der Waals surface area contributed by atoms with Crippen LogP contribution in [-0.2, 0) is 0 Å². The van der Waals surface area contributed by atoms with Crippen molar-refractivity contribution in [3.05, 3.63) is 121 Å². The van der Waals surface area contributed by atoms with Crippen LogP contribution in [0, 0.1) is 96.7 Å². The average molecular weight is 1090 g/mol. The molecule has 8 aliphatic carbocycles. The van der Waals surface area contributed by atoms with Gasteiger partial charge in [0.1, 0.15) is 0 Å². The zero-order valence-corrected chi connectivity index (χ0v) is 53.3. The van der Waals surface area contributed by atoms with Crippen molar-refractivity contribution in [3.8, 4) is 0 Å². The quantitative estimate of drug-likeness (QED) is 0.103. The van der Waals surface area contributed by atoms with Gasteiger partial charge < -0.3 is 0 Å². The monoisotopic (exact) mass is 1090 g/mol. The molecule has 0 bridgehead atoms. The van der Waals surface area contributed by atoms with Gasteiger partial charge in [0, 0.05) is 0 Å². The minimum absolute atomic E-state index is 0.810. The van der Waals surface area contributed by atoms with E-state index in [2.05, 4.69) is 127 Å². The van der Waals surface area contributed by atoms with Crippen LogP contribution in [-0.4, -0.2) is 0 Å². The highest BCUT2D eigenvalue weighted by atomic mass is 14.4. The van der Waals surface area contributed by atoms with Crippen molar-refractivity contribution in [2.75, 3.05) is 0 Å². The molecule has 0 heteroatoms. The molecule has 8 aliphatic rings. The Morgan fingerprint density at radius 3 is 0.863 bits per heavy atom. The van der Waals surface area contributed by atoms with Crippen LogP contribution >= 0.6 is 0 Å². The molecule has 0 amide bonds. The fourth-order valence-corrected chi connectivity index (χ4v) is 18.4. The smallest absolute Gasteiger partial charge is 0.0162 e. The standard InChI is InChI=1S/C23H34.C21H30.C19H34.C17H30/c1-3-4-5-19-8-12-21(13-9-19)23-16-14-22(15-17-23)20-10-6-18(2)7-11-20;1-3-17-6-10-19(11-7-17)21-14-12-20(13-15-21)18-8-4-16(2)5-9-18;1-3-5-6-7-17-10-14-19(15-11-17)18-12-8-16(4-2)9-13-18;1-3-5-15-8-12-17(13-9-15)16-10-6-14(4-2)7-11-16/h3,6-7,10-11,19,21-23H,1,4-5,8-9,12-17H2,2H3;3-5,8-9,17,19-21H,1,6-7,10-15H2,2H3;4,16-19H,2-3,5-15H2,1H3;4,14-17H,2-3,5-13H2,1H3. The molecule has 2 aromatic carbocycles. The highest BCUT2D eigenvalue weighted by Crippen LogP contribution is 2.48. The molecule has 0 radical (unpaired) electrons. The predicted octanol–water partition coefficient (Wildman–Crippen LogP) is 25.3. The van der Waals surface area contributed by atoms with Gasteiger partial charge in [-0.1, -0.05) is 175 Å². The average Bonchev–Trinajstić information content (AvgIpc) is 3.52. The van der Waals surface area contributed by atoms with Crippen molar-refractivity contribution >= 4 is 0 Å². The van der Waals surface area contributed by atoms with Gasteiger partial charge in [-0.25, -0.2) is 0 Å². The van der Waals surface area contributed by atoms with Crippen molar-refractivity contribution in [2.45, 2.75) is 296 Å². The number of hydrogen-bond donors (Lipinski definition) is 0. The van der Waals surface area contributed by atoms with Gasteiger partial charge in [-0.2, -0.15) is 0 Å². The van der Waals surface area contributed by atoms with Gasteiger partial charge in [-0.05, 0) is 299 Å². The third kappa shape index (κ3) is 21.5. The van der Waals surface area contributed by atoms with E-state index >= 15 is 0 Å². The predicted molar refractivity (Wildman–Crippen MR) is 354 cm³/mol. The molecule has 0 spiro atoms. The zero-order chi connectivity index (χ0) is 56.3. The number of hydrogen-bond acceptors (Lipinski definition) is 0. The van der Waals surface area contributed by atoms with Crippen LogP contribution in [0.5, 0.6) is 0 Å². The summed E-state index contributed by atoms with van der Waals surface area (Å²) in [6.07, 6.45) is 67.1. The molecule has 0 saturated heterocycles. The van der Waals surface area contributed by atoms with Crippen LogP contribution < -0.4 is 0 Å². The van der Waals surface area contributed by atoms with E-state index in [1.165, 1.54) is 255 Å². The molecule has 448 valence electrons. The molecular formula is C80H128. The molecule has 80 heavy (non-hydrogen) atoms. The summed E-state index contributed by atoms with van der Waals surface area (Å²) in [6, 6.07) is 18.6. The number of benzene rings is 2. The Morgan fingerprint density at radius 2 is 0.588 bits per heavy atom. The van der Waals surface area contributed by atoms with Crippen LogP contribution in [0.25, 0.3) is 0 Å². The van der Waals surface area contributed by atoms with Crippen molar-refractivity contribution in [3.63, 3.8) is 0 Å². The minimum Gasteiger partial charge on any atom is -0.103 e. The third-order valence-corrected chi connectivity index (χ3v) is 24.1. The maximum atomic E-state index is 3.97. The minimum atomic E-state index is 0.810. The van der Waals surface area contributed by atoms with Crippen LogP contribution in [0.15, 0.2) is 99.2 Å². The van der Waals surface area contributed by atoms with Gasteiger partial charge in [0.2, 0.25) is 0 Å². The van der Waals surface area contributed by atoms with Crippen molar-refractivity contribution in [1.29, 1.82) is 0 Å². The first-order valence-electron chi connectivity index (χ1n) is 35.8. The van der Waals surface area contributed by atoms with Crippen molar-refractivity contribution < 1.29 is 0 Å². The molecular weight excluding hydrogens is 961 g/mol. The summed E-state index contributed by atoms with van der Waals surface area (Å²) in [5, 5.41) is 0. The first-order valence-corrected chi connectivity index (χ1v) is 35.8. The van der Waals surface area contributed by atoms with Crippen molar-refractivity contribution in [1.82, 2.24) is 0 Å². The van der Waals surface area contributed by atoms with Crippen LogP contribution in [0.2, 0.25) is 0 Å². The summed E-state index contributed by atoms with van der Waals surface area (Å²) in [5.41, 5.74) is 5.93. The summed E-state index contributed by atoms with van der Waals surface area (Å²) >= 11 is 0. The molecule has 10 rings (SSSR count). The number of allylic oxidation sites excluding steroid dienone is 4. The summed E-state index contributed by atoms with van der Waals surface area (Å²) in [4.78, 5) is 0. The lowest BCUT2D eigenvalue weighted by Gasteiger charge is -2.38. The second-order valence-corrected chi connectivity index (χ2v) is 29.3. The van der Waals surface area contributed by atoms with E-state index in [0.29, 0.717) is 0 Å². The van der Waals surface area contributed by atoms with E-state index in [9.17, 15) is 0 Å². The first-order chi connectivity index (χ1) is 39.2. The van der Waals surface area contributed by atoms with E-state index in [1.54, 1.807) is 24.0 Å². The van der Waals surface area contributed by atoms with Crippen LogP contribution in [0.1, 0.15) is 305 Å². The largest absolute Gasteiger partial charge is 0.103 e. The van der Waals surface area contributed by atoms with E-state index in [0.717, 1.165) is 94.7 Å². The number of unbranched alkanes of at least 4 members (excludes halogenated alkanes) is 2. The van der Waals surface area contributed by atoms with Crippen LogP contribution in [0.4, 0.5) is 0 Å². The Bertz CT molecular complexity index is 1920. The van der Waals surface area contributed by atoms with Gasteiger partial charge in [-0.3, -0.25) is 0 Å². The summed E-state index contributed by atoms with van der Waals surface area (Å²) < 4.78 is 0. The molecule has 0 aromatic heterocycles. The Balaban J connectivity index is 0.000000155. The molecule has 0 unspecified atom stereocenters. The lowest BCUT2D eigenvalue weighted by molar-refractivity contribution is 0.151. The van der Waals surface area contributed by atoms with Gasteiger partial charge in [-0.15, -0.1) is 26.3 Å². The number of rotatable bonds is 18. The molecule has 0 atom stereocenters. The van der Waals surface area contributed by atoms with E-state index < -0.39 is 0 Å². The molecule has 0 N–H and O–H groups in total. The fourth-order valence-electron chi connectivity index (χ4n) is 18.4. The maximum Gasteiger partial charge on any atom is -0.0162 e. The first kappa shape index (κ1) is 65.0. The highest BCUT2D eigenvalue weighted by Gasteiger charge is 2.34. The summed E-state index contributed by atoms with van der Waals surface area (Å²) in [6.45, 7) is 24.8. The van der Waals surface area contributed by atoms with Gasteiger partial charge in [0.05, 0.1) is 0 Å². The molecule has 0 nitrogen and oxygen atoms in total. The van der Waals surface area contributed by atoms with Gasteiger partial charge in [0.15, 0.2) is 0 Å². The summed E-state index contributed by atoms with van der Waals surface area (Å²) in [5.74, 6) is 15.6. The molecule has 0 heterocycles. The molecule has 8 saturated carbocycles. The molecule has 0 aliphatic heterocycles. The van der Waals surface area contributed by atoms with Crippen molar-refractivity contribution in [2.24, 2.45) is 82.9 Å². The highest BCUT2D eigenvalue weighted by molar-refractivity contribution is 5.26. The molecule has 8 fully saturated rings. The maximum absolute atomic E-state index is 3.97. The van der Waals surface area contributed by atoms with E-state index in [1.807, 2.05) is 0 Å². The van der Waals surface area contributed by atoms with Gasteiger partial charge >= 0.3 is 0 Å². The molecule has 2 aromatic rings.